The quantitative estimate of drug-likeness (QED) is 0.840. The standard InChI is InChI=1S/C12H12F3N3O2/c13-12(14,15)8-1-2-9(17-7-8)11(20)18-5-3-10(19)16-4-6-18/h1-2,7H,3-6H2,(H,16,19). The summed E-state index contributed by atoms with van der Waals surface area (Å²) >= 11 is 0. The molecule has 2 rings (SSSR count). The smallest absolute Gasteiger partial charge is 0.354 e. The molecule has 0 bridgehead atoms. The van der Waals surface area contributed by atoms with E-state index in [0.29, 0.717) is 19.3 Å². The number of halogens is 3. The van der Waals surface area contributed by atoms with Crippen molar-refractivity contribution in [3.05, 3.63) is 29.6 Å². The van der Waals surface area contributed by atoms with E-state index in [-0.39, 0.29) is 24.6 Å². The van der Waals surface area contributed by atoms with Crippen molar-refractivity contribution in [2.24, 2.45) is 0 Å². The highest BCUT2D eigenvalue weighted by Crippen LogP contribution is 2.28. The summed E-state index contributed by atoms with van der Waals surface area (Å²) in [6.07, 6.45) is -3.67. The van der Waals surface area contributed by atoms with Crippen molar-refractivity contribution in [3.63, 3.8) is 0 Å². The second-order valence-corrected chi connectivity index (χ2v) is 4.32. The van der Waals surface area contributed by atoms with E-state index < -0.39 is 17.6 Å². The van der Waals surface area contributed by atoms with E-state index in [1.165, 1.54) is 4.90 Å². The SMILES string of the molecule is O=C1CCN(C(=O)c2ccc(C(F)(F)F)cn2)CCN1. The lowest BCUT2D eigenvalue weighted by Gasteiger charge is -2.19. The molecule has 0 spiro atoms. The van der Waals surface area contributed by atoms with E-state index in [0.717, 1.165) is 12.1 Å². The fourth-order valence-electron chi connectivity index (χ4n) is 1.82. The predicted octanol–water partition coefficient (Wildman–Crippen LogP) is 1.06. The Balaban J connectivity index is 2.11. The summed E-state index contributed by atoms with van der Waals surface area (Å²) in [7, 11) is 0. The van der Waals surface area contributed by atoms with Gasteiger partial charge in [-0.3, -0.25) is 14.6 Å². The topological polar surface area (TPSA) is 62.3 Å². The van der Waals surface area contributed by atoms with Gasteiger partial charge in [0.1, 0.15) is 5.69 Å². The molecule has 1 saturated heterocycles. The number of pyridine rings is 1. The maximum absolute atomic E-state index is 12.4. The summed E-state index contributed by atoms with van der Waals surface area (Å²) in [5.41, 5.74) is -0.964. The second-order valence-electron chi connectivity index (χ2n) is 4.32. The maximum Gasteiger partial charge on any atom is 0.417 e. The fourth-order valence-corrected chi connectivity index (χ4v) is 1.82. The molecule has 1 fully saturated rings. The number of hydrogen-bond donors (Lipinski definition) is 1. The Morgan fingerprint density at radius 2 is 2.05 bits per heavy atom. The van der Waals surface area contributed by atoms with Crippen LogP contribution < -0.4 is 5.32 Å². The van der Waals surface area contributed by atoms with E-state index in [9.17, 15) is 22.8 Å². The van der Waals surface area contributed by atoms with Gasteiger partial charge in [-0.25, -0.2) is 0 Å². The third-order valence-electron chi connectivity index (χ3n) is 2.91. The molecule has 0 aliphatic carbocycles. The average molecular weight is 287 g/mol. The van der Waals surface area contributed by atoms with Crippen molar-refractivity contribution < 1.29 is 22.8 Å². The monoisotopic (exact) mass is 287 g/mol. The molecule has 20 heavy (non-hydrogen) atoms. The fraction of sp³-hybridized carbons (Fsp3) is 0.417. The predicted molar refractivity (Wildman–Crippen MR) is 62.8 cm³/mol. The Bertz CT molecular complexity index is 514. The Labute approximate surface area is 112 Å². The van der Waals surface area contributed by atoms with Crippen molar-refractivity contribution >= 4 is 11.8 Å². The highest BCUT2D eigenvalue weighted by atomic mass is 19.4. The number of amides is 2. The van der Waals surface area contributed by atoms with Crippen molar-refractivity contribution in [1.29, 1.82) is 0 Å². The van der Waals surface area contributed by atoms with Crippen LogP contribution in [0.15, 0.2) is 18.3 Å². The number of nitrogens with one attached hydrogen (secondary N) is 1. The van der Waals surface area contributed by atoms with Gasteiger partial charge in [0, 0.05) is 32.3 Å². The number of nitrogens with zero attached hydrogens (tertiary/aromatic N) is 2. The normalized spacial score (nSPS) is 16.6. The Hall–Kier alpha value is -2.12. The van der Waals surface area contributed by atoms with Crippen LogP contribution in [-0.4, -0.2) is 41.3 Å². The minimum Gasteiger partial charge on any atom is -0.354 e. The maximum atomic E-state index is 12.4. The molecule has 0 unspecified atom stereocenters. The van der Waals surface area contributed by atoms with Gasteiger partial charge in [0.2, 0.25) is 5.91 Å². The first-order valence-electron chi connectivity index (χ1n) is 5.97. The van der Waals surface area contributed by atoms with Crippen LogP contribution in [0.4, 0.5) is 13.2 Å². The summed E-state index contributed by atoms with van der Waals surface area (Å²) in [5, 5.41) is 2.61. The van der Waals surface area contributed by atoms with Crippen molar-refractivity contribution in [2.45, 2.75) is 12.6 Å². The number of carbonyl (C=O) groups excluding carboxylic acids is 2. The number of alkyl halides is 3. The van der Waals surface area contributed by atoms with Crippen molar-refractivity contribution in [2.75, 3.05) is 19.6 Å². The number of aromatic nitrogens is 1. The Kier molecular flexibility index (Phi) is 3.91. The summed E-state index contributed by atoms with van der Waals surface area (Å²) < 4.78 is 37.2. The molecular formula is C12H12F3N3O2. The molecule has 0 atom stereocenters. The number of rotatable bonds is 1. The first-order valence-corrected chi connectivity index (χ1v) is 5.97. The van der Waals surface area contributed by atoms with Crippen LogP contribution in [0.1, 0.15) is 22.5 Å². The van der Waals surface area contributed by atoms with Crippen LogP contribution in [-0.2, 0) is 11.0 Å². The van der Waals surface area contributed by atoms with Crippen LogP contribution in [0.5, 0.6) is 0 Å². The summed E-state index contributed by atoms with van der Waals surface area (Å²) in [4.78, 5) is 28.2. The van der Waals surface area contributed by atoms with Gasteiger partial charge in [-0.2, -0.15) is 13.2 Å². The second kappa shape index (κ2) is 5.48. The molecule has 1 aromatic heterocycles. The van der Waals surface area contributed by atoms with Crippen molar-refractivity contribution in [3.8, 4) is 0 Å². The molecule has 0 aromatic carbocycles. The average Bonchev–Trinajstić information content (AvgIpc) is 2.62. The van der Waals surface area contributed by atoms with Gasteiger partial charge >= 0.3 is 6.18 Å². The number of carbonyl (C=O) groups is 2. The summed E-state index contributed by atoms with van der Waals surface area (Å²) in [6, 6.07) is 1.87. The molecular weight excluding hydrogens is 275 g/mol. The minimum absolute atomic E-state index is 0.0626. The van der Waals surface area contributed by atoms with E-state index in [1.807, 2.05) is 0 Å². The van der Waals surface area contributed by atoms with Gasteiger partial charge in [0.05, 0.1) is 5.56 Å². The first-order chi connectivity index (χ1) is 9.38. The molecule has 1 N–H and O–H groups in total. The summed E-state index contributed by atoms with van der Waals surface area (Å²) in [6.45, 7) is 0.867. The van der Waals surface area contributed by atoms with Crippen LogP contribution in [0.25, 0.3) is 0 Å². The lowest BCUT2D eigenvalue weighted by atomic mass is 10.2. The molecule has 1 aromatic rings. The molecule has 108 valence electrons. The zero-order valence-corrected chi connectivity index (χ0v) is 10.4. The molecule has 5 nitrogen and oxygen atoms in total. The van der Waals surface area contributed by atoms with Crippen LogP contribution in [0, 0.1) is 0 Å². The van der Waals surface area contributed by atoms with Gasteiger partial charge in [0.25, 0.3) is 5.91 Å². The molecule has 2 heterocycles. The van der Waals surface area contributed by atoms with Crippen LogP contribution in [0.2, 0.25) is 0 Å². The molecule has 0 saturated carbocycles. The largest absolute Gasteiger partial charge is 0.417 e. The van der Waals surface area contributed by atoms with Crippen LogP contribution in [0.3, 0.4) is 0 Å². The molecule has 2 amide bonds. The minimum atomic E-state index is -4.48. The molecule has 1 aliphatic rings. The third kappa shape index (κ3) is 3.25. The van der Waals surface area contributed by atoms with E-state index >= 15 is 0 Å². The van der Waals surface area contributed by atoms with Gasteiger partial charge in [0.15, 0.2) is 0 Å². The zero-order chi connectivity index (χ0) is 14.8. The molecule has 0 radical (unpaired) electrons. The van der Waals surface area contributed by atoms with Gasteiger partial charge in [-0.05, 0) is 12.1 Å². The van der Waals surface area contributed by atoms with Crippen molar-refractivity contribution in [1.82, 2.24) is 15.2 Å². The summed E-state index contributed by atoms with van der Waals surface area (Å²) in [5.74, 6) is -0.629. The Morgan fingerprint density at radius 3 is 2.65 bits per heavy atom. The number of hydrogen-bond acceptors (Lipinski definition) is 3. The van der Waals surface area contributed by atoms with E-state index in [2.05, 4.69) is 10.3 Å². The lowest BCUT2D eigenvalue weighted by Crippen LogP contribution is -2.34. The highest BCUT2D eigenvalue weighted by Gasteiger charge is 2.31. The van der Waals surface area contributed by atoms with E-state index in [4.69, 9.17) is 0 Å². The highest BCUT2D eigenvalue weighted by molar-refractivity contribution is 5.92. The van der Waals surface area contributed by atoms with Gasteiger partial charge in [-0.15, -0.1) is 0 Å². The zero-order valence-electron chi connectivity index (χ0n) is 10.4. The van der Waals surface area contributed by atoms with E-state index in [1.54, 1.807) is 0 Å². The van der Waals surface area contributed by atoms with Gasteiger partial charge in [-0.1, -0.05) is 0 Å². The third-order valence-corrected chi connectivity index (χ3v) is 2.91. The lowest BCUT2D eigenvalue weighted by molar-refractivity contribution is -0.137. The molecule has 8 heteroatoms. The Morgan fingerprint density at radius 1 is 1.30 bits per heavy atom. The first kappa shape index (κ1) is 14.3. The molecule has 1 aliphatic heterocycles. The van der Waals surface area contributed by atoms with Crippen LogP contribution >= 0.6 is 0 Å². The van der Waals surface area contributed by atoms with Gasteiger partial charge < -0.3 is 10.2 Å².